The molecule has 0 atom stereocenters. The van der Waals surface area contributed by atoms with Crippen LogP contribution < -0.4 is 16.3 Å². The fourth-order valence-electron chi connectivity index (χ4n) is 3.70. The van der Waals surface area contributed by atoms with Crippen LogP contribution in [0.4, 0.5) is 4.39 Å². The zero-order chi connectivity index (χ0) is 24.2. The average Bonchev–Trinajstić information content (AvgIpc) is 3.18. The van der Waals surface area contributed by atoms with Crippen molar-refractivity contribution < 1.29 is 23.2 Å². The van der Waals surface area contributed by atoms with Crippen LogP contribution in [0.25, 0.3) is 0 Å². The van der Waals surface area contributed by atoms with Crippen molar-refractivity contribution in [3.05, 3.63) is 92.6 Å². The smallest absolute Gasteiger partial charge is 0.305 e. The highest BCUT2D eigenvalue weighted by Gasteiger charge is 2.28. The lowest BCUT2D eigenvalue weighted by Gasteiger charge is -2.13. The number of furan rings is 1. The number of hydrazone groups is 1. The Morgan fingerprint density at radius 1 is 0.941 bits per heavy atom. The van der Waals surface area contributed by atoms with Gasteiger partial charge in [-0.15, -0.1) is 0 Å². The number of carbonyl (C=O) groups excluding carboxylic acids is 3. The van der Waals surface area contributed by atoms with E-state index in [0.29, 0.717) is 51.9 Å². The van der Waals surface area contributed by atoms with Crippen molar-refractivity contribution in [3.8, 4) is 0 Å². The molecule has 3 aromatic rings. The third kappa shape index (κ3) is 4.76. The van der Waals surface area contributed by atoms with Gasteiger partial charge in [0.05, 0.1) is 16.8 Å². The highest BCUT2D eigenvalue weighted by Crippen LogP contribution is 2.30. The molecule has 2 aromatic carbocycles. The summed E-state index contributed by atoms with van der Waals surface area (Å²) in [6.45, 7) is 1.70. The standard InChI is InChI=1S/C24H20BrFN4O4/c1-13-20-18(27-28-23(32)15-8-3-5-10-17(15)26)11-6-12-19(20)34-21(13)24(33)30-29-22(31)14-7-2-4-9-16(14)25/h2-5,7-10H,6,11-12H2,1H3,(H,28,32)(H,29,31)(H,30,33)/b27-18+. The van der Waals surface area contributed by atoms with Crippen LogP contribution in [0.3, 0.4) is 0 Å². The molecule has 1 aliphatic carbocycles. The summed E-state index contributed by atoms with van der Waals surface area (Å²) in [5.74, 6) is -1.84. The lowest BCUT2D eigenvalue weighted by atomic mass is 9.93. The van der Waals surface area contributed by atoms with Gasteiger partial charge in [0.25, 0.3) is 11.8 Å². The van der Waals surface area contributed by atoms with Gasteiger partial charge in [-0.3, -0.25) is 25.2 Å². The molecule has 1 aromatic heterocycles. The first-order chi connectivity index (χ1) is 16.4. The summed E-state index contributed by atoms with van der Waals surface area (Å²) in [7, 11) is 0. The summed E-state index contributed by atoms with van der Waals surface area (Å²) in [6, 6.07) is 12.4. The van der Waals surface area contributed by atoms with Gasteiger partial charge in [0.1, 0.15) is 11.6 Å². The second kappa shape index (κ2) is 10.0. The first kappa shape index (κ1) is 23.4. The second-order valence-corrected chi connectivity index (χ2v) is 8.43. The first-order valence-corrected chi connectivity index (χ1v) is 11.3. The highest BCUT2D eigenvalue weighted by atomic mass is 79.9. The van der Waals surface area contributed by atoms with Crippen molar-refractivity contribution in [2.24, 2.45) is 5.10 Å². The monoisotopic (exact) mass is 526 g/mol. The molecular weight excluding hydrogens is 507 g/mol. The maximum Gasteiger partial charge on any atom is 0.305 e. The summed E-state index contributed by atoms with van der Waals surface area (Å²) in [4.78, 5) is 37.4. The topological polar surface area (TPSA) is 113 Å². The Balaban J connectivity index is 1.50. The third-order valence-electron chi connectivity index (χ3n) is 5.35. The molecule has 0 saturated carbocycles. The molecule has 4 rings (SSSR count). The Bertz CT molecular complexity index is 1320. The number of fused-ring (bicyclic) bond motifs is 1. The van der Waals surface area contributed by atoms with Crippen molar-refractivity contribution in [1.82, 2.24) is 16.3 Å². The zero-order valence-corrected chi connectivity index (χ0v) is 19.7. The minimum atomic E-state index is -0.674. The number of hydrazine groups is 1. The lowest BCUT2D eigenvalue weighted by molar-refractivity contribution is 0.0829. The molecule has 1 aliphatic rings. The van der Waals surface area contributed by atoms with Gasteiger partial charge in [0.2, 0.25) is 0 Å². The molecule has 0 aliphatic heterocycles. The van der Waals surface area contributed by atoms with Gasteiger partial charge < -0.3 is 4.42 Å². The minimum Gasteiger partial charge on any atom is -0.455 e. The molecule has 0 saturated heterocycles. The Morgan fingerprint density at radius 3 is 2.35 bits per heavy atom. The third-order valence-corrected chi connectivity index (χ3v) is 6.04. The first-order valence-electron chi connectivity index (χ1n) is 10.5. The zero-order valence-electron chi connectivity index (χ0n) is 18.1. The maximum absolute atomic E-state index is 13.9. The number of aryl methyl sites for hydroxylation is 1. The number of carbonyl (C=O) groups is 3. The van der Waals surface area contributed by atoms with Crippen molar-refractivity contribution in [1.29, 1.82) is 0 Å². The molecule has 0 unspecified atom stereocenters. The molecule has 0 spiro atoms. The number of hydrogen-bond donors (Lipinski definition) is 3. The Labute approximate surface area is 202 Å². The minimum absolute atomic E-state index is 0.0347. The SMILES string of the molecule is Cc1c(C(=O)NNC(=O)c2ccccc2Br)oc2c1/C(=N/NC(=O)c1ccccc1F)CCC2. The molecule has 0 radical (unpaired) electrons. The Kier molecular flexibility index (Phi) is 6.87. The van der Waals surface area contributed by atoms with Gasteiger partial charge in [-0.2, -0.15) is 5.10 Å². The van der Waals surface area contributed by atoms with E-state index < -0.39 is 23.5 Å². The summed E-state index contributed by atoms with van der Waals surface area (Å²) in [5.41, 5.74) is 9.05. The van der Waals surface area contributed by atoms with Crippen molar-refractivity contribution in [2.75, 3.05) is 0 Å². The van der Waals surface area contributed by atoms with Crippen molar-refractivity contribution in [3.63, 3.8) is 0 Å². The summed E-state index contributed by atoms with van der Waals surface area (Å²) < 4.78 is 20.2. The molecule has 34 heavy (non-hydrogen) atoms. The number of amides is 3. The van der Waals surface area contributed by atoms with E-state index >= 15 is 0 Å². The number of hydrogen-bond acceptors (Lipinski definition) is 5. The highest BCUT2D eigenvalue weighted by molar-refractivity contribution is 9.10. The summed E-state index contributed by atoms with van der Waals surface area (Å²) in [6.07, 6.45) is 1.84. The summed E-state index contributed by atoms with van der Waals surface area (Å²) >= 11 is 3.29. The van der Waals surface area contributed by atoms with E-state index in [0.717, 1.165) is 0 Å². The van der Waals surface area contributed by atoms with Gasteiger partial charge in [0, 0.05) is 22.0 Å². The van der Waals surface area contributed by atoms with Crippen LogP contribution in [0, 0.1) is 12.7 Å². The molecule has 1 heterocycles. The fraction of sp³-hybridized carbons (Fsp3) is 0.167. The maximum atomic E-state index is 13.9. The normalized spacial score (nSPS) is 13.8. The van der Waals surface area contributed by atoms with Crippen LogP contribution in [0.1, 0.15) is 61.0 Å². The molecule has 3 amide bonds. The number of nitrogens with one attached hydrogen (secondary N) is 3. The van der Waals surface area contributed by atoms with Crippen molar-refractivity contribution >= 4 is 39.4 Å². The number of nitrogens with zero attached hydrogens (tertiary/aromatic N) is 1. The van der Waals surface area contributed by atoms with Crippen LogP contribution >= 0.6 is 15.9 Å². The second-order valence-electron chi connectivity index (χ2n) is 7.58. The molecular formula is C24H20BrFN4O4. The van der Waals surface area contributed by atoms with E-state index in [9.17, 15) is 18.8 Å². The summed E-state index contributed by atoms with van der Waals surface area (Å²) in [5, 5.41) is 4.18. The van der Waals surface area contributed by atoms with Gasteiger partial charge >= 0.3 is 5.91 Å². The molecule has 174 valence electrons. The van der Waals surface area contributed by atoms with Crippen LogP contribution in [-0.4, -0.2) is 23.4 Å². The number of rotatable bonds is 4. The average molecular weight is 527 g/mol. The molecule has 8 nitrogen and oxygen atoms in total. The van der Waals surface area contributed by atoms with Crippen LogP contribution in [0.5, 0.6) is 0 Å². The van der Waals surface area contributed by atoms with Gasteiger partial charge in [0.15, 0.2) is 5.76 Å². The largest absolute Gasteiger partial charge is 0.455 e. The molecule has 10 heteroatoms. The molecule has 0 bridgehead atoms. The van der Waals surface area contributed by atoms with E-state index in [1.807, 2.05) is 0 Å². The number of halogens is 2. The lowest BCUT2D eigenvalue weighted by Crippen LogP contribution is -2.41. The van der Waals surface area contributed by atoms with Crippen LogP contribution in [0.15, 0.2) is 62.5 Å². The quantitative estimate of drug-likeness (QED) is 0.445. The predicted octanol–water partition coefficient (Wildman–Crippen LogP) is 4.03. The molecule has 0 fully saturated rings. The van der Waals surface area contributed by atoms with Crippen LogP contribution in [-0.2, 0) is 6.42 Å². The van der Waals surface area contributed by atoms with E-state index in [1.54, 1.807) is 37.3 Å². The Hall–Kier alpha value is -3.79. The molecule has 3 N–H and O–H groups in total. The van der Waals surface area contributed by atoms with Gasteiger partial charge in [-0.1, -0.05) is 24.3 Å². The van der Waals surface area contributed by atoms with E-state index in [2.05, 4.69) is 37.3 Å². The fourth-order valence-corrected chi connectivity index (χ4v) is 4.17. The predicted molar refractivity (Wildman–Crippen MR) is 126 cm³/mol. The van der Waals surface area contributed by atoms with Gasteiger partial charge in [-0.25, -0.2) is 9.82 Å². The van der Waals surface area contributed by atoms with Gasteiger partial charge in [-0.05, 0) is 60.0 Å². The van der Waals surface area contributed by atoms with E-state index in [1.165, 1.54) is 18.2 Å². The van der Waals surface area contributed by atoms with Crippen LogP contribution in [0.2, 0.25) is 0 Å². The van der Waals surface area contributed by atoms with E-state index in [4.69, 9.17) is 4.42 Å². The Morgan fingerprint density at radius 2 is 1.62 bits per heavy atom. The number of benzene rings is 2. The van der Waals surface area contributed by atoms with Crippen molar-refractivity contribution in [2.45, 2.75) is 26.2 Å². The van der Waals surface area contributed by atoms with E-state index in [-0.39, 0.29) is 11.3 Å².